The summed E-state index contributed by atoms with van der Waals surface area (Å²) in [5.41, 5.74) is 1.10. The summed E-state index contributed by atoms with van der Waals surface area (Å²) in [6.45, 7) is 7.19. The Kier molecular flexibility index (Phi) is 6.50. The van der Waals surface area contributed by atoms with Crippen molar-refractivity contribution in [2.75, 3.05) is 23.7 Å². The summed E-state index contributed by atoms with van der Waals surface area (Å²) in [7, 11) is 0. The minimum absolute atomic E-state index is 0.0132. The van der Waals surface area contributed by atoms with Crippen LogP contribution in [0.4, 0.5) is 5.82 Å². The summed E-state index contributed by atoms with van der Waals surface area (Å²) < 4.78 is 0. The van der Waals surface area contributed by atoms with E-state index in [-0.39, 0.29) is 5.91 Å². The second-order valence-electron chi connectivity index (χ2n) is 7.12. The Labute approximate surface area is 159 Å². The number of anilines is 1. The molecule has 1 N–H and O–H groups in total. The van der Waals surface area contributed by atoms with E-state index < -0.39 is 0 Å². The number of aromatic nitrogens is 2. The van der Waals surface area contributed by atoms with Gasteiger partial charge in [-0.3, -0.25) is 4.79 Å². The van der Waals surface area contributed by atoms with Gasteiger partial charge in [-0.05, 0) is 23.8 Å². The van der Waals surface area contributed by atoms with Gasteiger partial charge in [-0.2, -0.15) is 0 Å². The van der Waals surface area contributed by atoms with E-state index in [1.54, 1.807) is 6.33 Å². The lowest BCUT2D eigenvalue weighted by Crippen LogP contribution is -2.39. The summed E-state index contributed by atoms with van der Waals surface area (Å²) in [4.78, 5) is 23.2. The molecule has 1 fully saturated rings. The van der Waals surface area contributed by atoms with Gasteiger partial charge in [0.05, 0.1) is 5.75 Å². The summed E-state index contributed by atoms with van der Waals surface area (Å²) in [5, 5.41) is 3.79. The van der Waals surface area contributed by atoms with Crippen molar-refractivity contribution in [2.45, 2.75) is 31.8 Å². The maximum absolute atomic E-state index is 12.1. The van der Waals surface area contributed by atoms with Crippen molar-refractivity contribution >= 4 is 23.5 Å². The fraction of sp³-hybridized carbons (Fsp3) is 0.450. The topological polar surface area (TPSA) is 58.1 Å². The van der Waals surface area contributed by atoms with Crippen molar-refractivity contribution in [1.29, 1.82) is 0 Å². The van der Waals surface area contributed by atoms with Gasteiger partial charge >= 0.3 is 0 Å². The third kappa shape index (κ3) is 5.46. The molecule has 1 aliphatic rings. The molecule has 1 saturated heterocycles. The number of nitrogens with one attached hydrogen (secondary N) is 1. The zero-order valence-corrected chi connectivity index (χ0v) is 16.2. The van der Waals surface area contributed by atoms with Gasteiger partial charge in [-0.1, -0.05) is 55.9 Å². The number of thioether (sulfide) groups is 1. The maximum atomic E-state index is 12.1. The van der Waals surface area contributed by atoms with Gasteiger partial charge in [-0.25, -0.2) is 9.97 Å². The number of carbonyl (C=O) groups is 1. The number of piperidine rings is 1. The first-order valence-corrected chi connectivity index (χ1v) is 10.1. The molecular weight excluding hydrogens is 344 g/mol. The van der Waals surface area contributed by atoms with E-state index in [1.165, 1.54) is 18.2 Å². The first kappa shape index (κ1) is 18.7. The van der Waals surface area contributed by atoms with Gasteiger partial charge in [0.25, 0.3) is 0 Å². The lowest BCUT2D eigenvalue weighted by atomic mass is 9.92. The van der Waals surface area contributed by atoms with Gasteiger partial charge in [0, 0.05) is 25.7 Å². The van der Waals surface area contributed by atoms with Crippen molar-refractivity contribution in [2.24, 2.45) is 11.8 Å². The molecule has 138 valence electrons. The molecule has 2 atom stereocenters. The average molecular weight is 371 g/mol. The highest BCUT2D eigenvalue weighted by Crippen LogP contribution is 2.26. The van der Waals surface area contributed by atoms with Crippen molar-refractivity contribution < 1.29 is 4.79 Å². The van der Waals surface area contributed by atoms with Crippen molar-refractivity contribution in [3.8, 4) is 0 Å². The molecule has 2 aromatic rings. The molecule has 6 heteroatoms. The number of rotatable bonds is 6. The molecule has 1 aromatic heterocycles. The monoisotopic (exact) mass is 370 g/mol. The minimum atomic E-state index is 0.0132. The second kappa shape index (κ2) is 9.03. The maximum Gasteiger partial charge on any atom is 0.230 e. The van der Waals surface area contributed by atoms with Crippen molar-refractivity contribution in [1.82, 2.24) is 15.3 Å². The third-order valence-electron chi connectivity index (χ3n) is 4.50. The second-order valence-corrected chi connectivity index (χ2v) is 8.11. The molecule has 0 unspecified atom stereocenters. The minimum Gasteiger partial charge on any atom is -0.356 e. The quantitative estimate of drug-likeness (QED) is 0.624. The van der Waals surface area contributed by atoms with Gasteiger partial charge < -0.3 is 10.2 Å². The molecule has 0 saturated carbocycles. The molecule has 3 rings (SSSR count). The summed E-state index contributed by atoms with van der Waals surface area (Å²) in [6.07, 6.45) is 2.87. The van der Waals surface area contributed by atoms with Gasteiger partial charge in [0.1, 0.15) is 17.2 Å². The lowest BCUT2D eigenvalue weighted by Gasteiger charge is -2.35. The number of benzene rings is 1. The zero-order valence-electron chi connectivity index (χ0n) is 15.4. The van der Waals surface area contributed by atoms with Gasteiger partial charge in [-0.15, -0.1) is 0 Å². The van der Waals surface area contributed by atoms with Crippen molar-refractivity contribution in [3.63, 3.8) is 0 Å². The van der Waals surface area contributed by atoms with Crippen LogP contribution < -0.4 is 10.2 Å². The van der Waals surface area contributed by atoms with E-state index in [2.05, 4.69) is 34.0 Å². The number of amides is 1. The van der Waals surface area contributed by atoms with E-state index in [0.29, 0.717) is 24.1 Å². The lowest BCUT2D eigenvalue weighted by molar-refractivity contribution is -0.118. The fourth-order valence-electron chi connectivity index (χ4n) is 3.42. The largest absolute Gasteiger partial charge is 0.356 e. The van der Waals surface area contributed by atoms with Crippen molar-refractivity contribution in [3.05, 3.63) is 48.3 Å². The van der Waals surface area contributed by atoms with Gasteiger partial charge in [0.2, 0.25) is 5.91 Å². The Balaban J connectivity index is 1.51. The van der Waals surface area contributed by atoms with Crippen LogP contribution in [-0.4, -0.2) is 34.7 Å². The Morgan fingerprint density at radius 1 is 1.19 bits per heavy atom. The van der Waals surface area contributed by atoms with E-state index in [4.69, 9.17) is 0 Å². The molecule has 0 aliphatic carbocycles. The average Bonchev–Trinajstić information content (AvgIpc) is 2.65. The van der Waals surface area contributed by atoms with E-state index in [1.807, 2.05) is 36.4 Å². The molecule has 2 heterocycles. The Bertz CT molecular complexity index is 715. The van der Waals surface area contributed by atoms with Crippen LogP contribution >= 0.6 is 11.8 Å². The number of hydrogen-bond acceptors (Lipinski definition) is 5. The first-order valence-electron chi connectivity index (χ1n) is 9.10. The van der Waals surface area contributed by atoms with Crippen LogP contribution in [0.25, 0.3) is 0 Å². The standard InChI is InChI=1S/C20H26N4OS/c1-15-8-16(2)12-24(11-15)18-9-20(23-14-22-18)26-13-19(25)21-10-17-6-4-3-5-7-17/h3-7,9,14-16H,8,10-13H2,1-2H3,(H,21,25)/t15-,16-/m1/s1. The Morgan fingerprint density at radius 2 is 1.92 bits per heavy atom. The SMILES string of the molecule is C[C@@H]1C[C@@H](C)CN(c2cc(SCC(=O)NCc3ccccc3)ncn2)C1. The summed E-state index contributed by atoms with van der Waals surface area (Å²) >= 11 is 1.45. The third-order valence-corrected chi connectivity index (χ3v) is 5.43. The Morgan fingerprint density at radius 3 is 2.65 bits per heavy atom. The summed E-state index contributed by atoms with van der Waals surface area (Å²) in [5.74, 6) is 2.68. The van der Waals surface area contributed by atoms with Crippen LogP contribution in [0.5, 0.6) is 0 Å². The fourth-order valence-corrected chi connectivity index (χ4v) is 4.11. The molecular formula is C20H26N4OS. The van der Waals surface area contributed by atoms with E-state index >= 15 is 0 Å². The van der Waals surface area contributed by atoms with Crippen LogP contribution in [0.2, 0.25) is 0 Å². The molecule has 0 spiro atoms. The molecule has 1 aliphatic heterocycles. The predicted octanol–water partition coefficient (Wildman–Crippen LogP) is 3.37. The zero-order chi connectivity index (χ0) is 18.4. The first-order chi connectivity index (χ1) is 12.6. The number of nitrogens with zero attached hydrogens (tertiary/aromatic N) is 3. The molecule has 0 radical (unpaired) electrons. The highest BCUT2D eigenvalue weighted by Gasteiger charge is 2.23. The number of carbonyl (C=O) groups excluding carboxylic acids is 1. The number of hydrogen-bond donors (Lipinski definition) is 1. The smallest absolute Gasteiger partial charge is 0.230 e. The molecule has 5 nitrogen and oxygen atoms in total. The summed E-state index contributed by atoms with van der Waals surface area (Å²) in [6, 6.07) is 11.9. The van der Waals surface area contributed by atoms with Crippen LogP contribution in [0, 0.1) is 11.8 Å². The van der Waals surface area contributed by atoms with Crippen LogP contribution in [-0.2, 0) is 11.3 Å². The molecule has 26 heavy (non-hydrogen) atoms. The molecule has 0 bridgehead atoms. The Hall–Kier alpha value is -2.08. The molecule has 1 aromatic carbocycles. The van der Waals surface area contributed by atoms with Gasteiger partial charge in [0.15, 0.2) is 0 Å². The highest BCUT2D eigenvalue weighted by molar-refractivity contribution is 7.99. The van der Waals surface area contributed by atoms with Crippen LogP contribution in [0.1, 0.15) is 25.8 Å². The van der Waals surface area contributed by atoms with Crippen LogP contribution in [0.3, 0.4) is 0 Å². The predicted molar refractivity (Wildman–Crippen MR) is 106 cm³/mol. The molecule has 1 amide bonds. The van der Waals surface area contributed by atoms with E-state index in [9.17, 15) is 4.79 Å². The van der Waals surface area contributed by atoms with Crippen LogP contribution in [0.15, 0.2) is 47.8 Å². The van der Waals surface area contributed by atoms with E-state index in [0.717, 1.165) is 29.5 Å². The highest BCUT2D eigenvalue weighted by atomic mass is 32.2. The normalized spacial score (nSPS) is 20.0.